The lowest BCUT2D eigenvalue weighted by Gasteiger charge is -2.17. The molecular weight excluding hydrogens is 320 g/mol. The lowest BCUT2D eigenvalue weighted by molar-refractivity contribution is -0.0508. The average Bonchev–Trinajstić information content (AvgIpc) is 3.06. The number of aryl methyl sites for hydroxylation is 1. The predicted octanol–water partition coefficient (Wildman–Crippen LogP) is -1.76. The summed E-state index contributed by atoms with van der Waals surface area (Å²) in [7, 11) is 0. The minimum absolute atomic E-state index is 0.0954. The zero-order valence-corrected chi connectivity index (χ0v) is 12.7. The number of aromatic nitrogens is 3. The van der Waals surface area contributed by atoms with Gasteiger partial charge >= 0.3 is 0 Å². The normalized spacial score (nSPS) is 26.9. The monoisotopic (exact) mass is 338 g/mol. The second-order valence-corrected chi connectivity index (χ2v) is 5.52. The van der Waals surface area contributed by atoms with Gasteiger partial charge in [0.25, 0.3) is 0 Å². The second-order valence-electron chi connectivity index (χ2n) is 5.52. The third-order valence-electron chi connectivity index (χ3n) is 3.98. The molecule has 11 heteroatoms. The standard InChI is InChI=1S/C13H18N6O5/c1-4-16-11(15)7-5(10(14)18-23)2-19(12(7)17-4)13-9(22)8(21)6(3-20)24-13/h2,6,8-9,13,20-23H,3H2,1H3,(H2,14,18)(H2,15,16,17)/t6?,8-,9-,13-/m1/s1. The van der Waals surface area contributed by atoms with Crippen LogP contribution in [0.15, 0.2) is 6.20 Å². The molecule has 1 aliphatic heterocycles. The summed E-state index contributed by atoms with van der Waals surface area (Å²) in [5.41, 5.74) is 8.11. The minimum Gasteiger partial charge on any atom is -0.394 e. The number of nitrogens with one attached hydrogen (secondary N) is 2. The predicted molar refractivity (Wildman–Crippen MR) is 81.4 cm³/mol. The summed E-state index contributed by atoms with van der Waals surface area (Å²) in [5.74, 6) is 0.115. The summed E-state index contributed by atoms with van der Waals surface area (Å²) >= 11 is 0. The van der Waals surface area contributed by atoms with Crippen LogP contribution in [0.4, 0.5) is 5.82 Å². The van der Waals surface area contributed by atoms with E-state index >= 15 is 0 Å². The second kappa shape index (κ2) is 5.96. The SMILES string of the molecule is Cc1nc(N)c2c(C(=N)NO)cn([C@@H]3OC(CO)[C@@H](O)[C@H]3O)c2n1. The summed E-state index contributed by atoms with van der Waals surface area (Å²) in [5, 5.41) is 46.5. The summed E-state index contributed by atoms with van der Waals surface area (Å²) in [6.45, 7) is 1.16. The van der Waals surface area contributed by atoms with Gasteiger partial charge in [-0.1, -0.05) is 0 Å². The molecule has 11 nitrogen and oxygen atoms in total. The van der Waals surface area contributed by atoms with Crippen molar-refractivity contribution in [3.63, 3.8) is 0 Å². The Bertz CT molecular complexity index is 793. The van der Waals surface area contributed by atoms with Gasteiger partial charge < -0.3 is 30.4 Å². The Kier molecular flexibility index (Phi) is 4.11. The number of nitrogens with two attached hydrogens (primary N) is 1. The number of nitrogens with zero attached hydrogens (tertiary/aromatic N) is 3. The Morgan fingerprint density at radius 2 is 2.12 bits per heavy atom. The minimum atomic E-state index is -1.32. The number of fused-ring (bicyclic) bond motifs is 1. The molecule has 3 rings (SSSR count). The molecule has 0 aromatic carbocycles. The van der Waals surface area contributed by atoms with Crippen molar-refractivity contribution in [1.82, 2.24) is 20.0 Å². The van der Waals surface area contributed by atoms with Gasteiger partial charge in [-0.25, -0.2) is 9.97 Å². The molecule has 8 N–H and O–H groups in total. The highest BCUT2D eigenvalue weighted by Gasteiger charge is 2.44. The van der Waals surface area contributed by atoms with Crippen LogP contribution in [0.5, 0.6) is 0 Å². The van der Waals surface area contributed by atoms with Crippen molar-refractivity contribution in [2.45, 2.75) is 31.5 Å². The topological polar surface area (TPSA) is 183 Å². The lowest BCUT2D eigenvalue weighted by atomic mass is 10.1. The van der Waals surface area contributed by atoms with Crippen molar-refractivity contribution in [2.24, 2.45) is 0 Å². The van der Waals surface area contributed by atoms with Crippen LogP contribution in [0.3, 0.4) is 0 Å². The van der Waals surface area contributed by atoms with E-state index < -0.39 is 31.1 Å². The fourth-order valence-corrected chi connectivity index (χ4v) is 2.84. The summed E-state index contributed by atoms with van der Waals surface area (Å²) in [6.07, 6.45) is -3.20. The third-order valence-corrected chi connectivity index (χ3v) is 3.98. The van der Waals surface area contributed by atoms with E-state index in [0.717, 1.165) is 0 Å². The largest absolute Gasteiger partial charge is 0.394 e. The number of hydrogen-bond acceptors (Lipinski definition) is 9. The van der Waals surface area contributed by atoms with Crippen LogP contribution in [0.1, 0.15) is 17.6 Å². The van der Waals surface area contributed by atoms with Crippen LogP contribution in [0, 0.1) is 12.3 Å². The Morgan fingerprint density at radius 1 is 1.42 bits per heavy atom. The van der Waals surface area contributed by atoms with Gasteiger partial charge in [0.05, 0.1) is 12.0 Å². The van der Waals surface area contributed by atoms with Gasteiger partial charge in [0, 0.05) is 11.8 Å². The molecule has 0 bridgehead atoms. The van der Waals surface area contributed by atoms with Crippen molar-refractivity contribution in [3.05, 3.63) is 17.6 Å². The first-order valence-corrected chi connectivity index (χ1v) is 7.15. The van der Waals surface area contributed by atoms with Crippen molar-refractivity contribution < 1.29 is 25.3 Å². The molecule has 0 aliphatic carbocycles. The van der Waals surface area contributed by atoms with Crippen LogP contribution >= 0.6 is 0 Å². The van der Waals surface area contributed by atoms with E-state index in [9.17, 15) is 15.3 Å². The highest BCUT2D eigenvalue weighted by molar-refractivity contribution is 6.10. The van der Waals surface area contributed by atoms with Crippen molar-refractivity contribution >= 4 is 22.7 Å². The van der Waals surface area contributed by atoms with Gasteiger partial charge in [0.2, 0.25) is 0 Å². The van der Waals surface area contributed by atoms with Gasteiger partial charge in [-0.2, -0.15) is 0 Å². The molecule has 0 spiro atoms. The van der Waals surface area contributed by atoms with Crippen LogP contribution < -0.4 is 11.2 Å². The Labute approximate surface area is 135 Å². The fourth-order valence-electron chi connectivity index (χ4n) is 2.84. The molecule has 2 aromatic rings. The average molecular weight is 338 g/mol. The van der Waals surface area contributed by atoms with Gasteiger partial charge in [-0.05, 0) is 6.92 Å². The molecule has 0 saturated carbocycles. The van der Waals surface area contributed by atoms with Gasteiger partial charge in [0.1, 0.15) is 35.6 Å². The maximum atomic E-state index is 10.2. The fraction of sp³-hybridized carbons (Fsp3) is 0.462. The number of aliphatic hydroxyl groups excluding tert-OH is 3. The van der Waals surface area contributed by atoms with Gasteiger partial charge in [-0.15, -0.1) is 0 Å². The Balaban J connectivity index is 2.20. The zero-order chi connectivity index (χ0) is 17.6. The van der Waals surface area contributed by atoms with Crippen LogP contribution in [-0.4, -0.2) is 65.8 Å². The molecule has 24 heavy (non-hydrogen) atoms. The van der Waals surface area contributed by atoms with Crippen molar-refractivity contribution in [1.29, 1.82) is 5.41 Å². The summed E-state index contributed by atoms with van der Waals surface area (Å²) in [4.78, 5) is 8.30. The number of amidine groups is 1. The third kappa shape index (κ3) is 2.39. The molecule has 1 fully saturated rings. The highest BCUT2D eigenvalue weighted by atomic mass is 16.6. The number of anilines is 1. The zero-order valence-electron chi connectivity index (χ0n) is 12.7. The molecule has 4 atom stereocenters. The molecular formula is C13H18N6O5. The van der Waals surface area contributed by atoms with Crippen LogP contribution in [-0.2, 0) is 4.74 Å². The summed E-state index contributed by atoms with van der Waals surface area (Å²) < 4.78 is 6.89. The maximum absolute atomic E-state index is 10.2. The molecule has 2 aromatic heterocycles. The molecule has 0 amide bonds. The van der Waals surface area contributed by atoms with Crippen LogP contribution in [0.2, 0.25) is 0 Å². The Morgan fingerprint density at radius 3 is 2.71 bits per heavy atom. The highest BCUT2D eigenvalue weighted by Crippen LogP contribution is 2.34. The molecule has 130 valence electrons. The number of nitrogen functional groups attached to an aromatic ring is 1. The Hall–Kier alpha value is -2.31. The van der Waals surface area contributed by atoms with E-state index in [2.05, 4.69) is 9.97 Å². The first kappa shape index (κ1) is 16.5. The molecule has 1 saturated heterocycles. The van der Waals surface area contributed by atoms with Crippen molar-refractivity contribution in [2.75, 3.05) is 12.3 Å². The van der Waals surface area contributed by atoms with Crippen molar-refractivity contribution in [3.8, 4) is 0 Å². The van der Waals surface area contributed by atoms with E-state index in [1.165, 1.54) is 10.8 Å². The van der Waals surface area contributed by atoms with E-state index in [-0.39, 0.29) is 22.9 Å². The number of hydrogen-bond donors (Lipinski definition) is 7. The van der Waals surface area contributed by atoms with Gasteiger partial charge in [0.15, 0.2) is 12.1 Å². The smallest absolute Gasteiger partial charge is 0.164 e. The first-order valence-electron chi connectivity index (χ1n) is 7.15. The number of ether oxygens (including phenoxy) is 1. The lowest BCUT2D eigenvalue weighted by Crippen LogP contribution is -2.33. The number of hydroxylamine groups is 1. The number of rotatable bonds is 3. The number of aliphatic hydroxyl groups is 3. The first-order chi connectivity index (χ1) is 11.4. The maximum Gasteiger partial charge on any atom is 0.164 e. The van der Waals surface area contributed by atoms with E-state index in [1.807, 2.05) is 0 Å². The van der Waals surface area contributed by atoms with E-state index in [1.54, 1.807) is 12.4 Å². The van der Waals surface area contributed by atoms with E-state index in [4.69, 9.17) is 21.1 Å². The van der Waals surface area contributed by atoms with Gasteiger partial charge in [-0.3, -0.25) is 16.1 Å². The van der Waals surface area contributed by atoms with Crippen LogP contribution in [0.25, 0.3) is 11.0 Å². The van der Waals surface area contributed by atoms with E-state index in [0.29, 0.717) is 11.2 Å². The summed E-state index contributed by atoms with van der Waals surface area (Å²) in [6, 6.07) is 0. The quantitative estimate of drug-likeness (QED) is 0.193. The molecule has 1 unspecified atom stereocenters. The molecule has 3 heterocycles. The molecule has 1 aliphatic rings. The molecule has 0 radical (unpaired) electrons.